The summed E-state index contributed by atoms with van der Waals surface area (Å²) in [7, 11) is 0. The average Bonchev–Trinajstić information content (AvgIpc) is 3.33. The second-order valence-electron chi connectivity index (χ2n) is 6.35. The zero-order valence-corrected chi connectivity index (χ0v) is 16.0. The van der Waals surface area contributed by atoms with Gasteiger partial charge in [-0.2, -0.15) is 5.10 Å². The van der Waals surface area contributed by atoms with E-state index in [1.54, 1.807) is 0 Å². The van der Waals surface area contributed by atoms with Crippen LogP contribution in [0.4, 0.5) is 0 Å². The van der Waals surface area contributed by atoms with Gasteiger partial charge >= 0.3 is 0 Å². The third-order valence-electron chi connectivity index (χ3n) is 4.44. The molecule has 4 nitrogen and oxygen atoms in total. The molecule has 0 spiro atoms. The Bertz CT molecular complexity index is 881. The molecule has 1 aliphatic heterocycles. The van der Waals surface area contributed by atoms with Gasteiger partial charge in [-0.05, 0) is 37.1 Å². The quantitative estimate of drug-likeness (QED) is 0.562. The zero-order valence-electron chi connectivity index (χ0n) is 14.4. The van der Waals surface area contributed by atoms with E-state index in [1.165, 1.54) is 0 Å². The van der Waals surface area contributed by atoms with E-state index in [0.717, 1.165) is 46.4 Å². The maximum absolute atomic E-state index is 5.65. The Morgan fingerprint density at radius 3 is 2.69 bits per heavy atom. The summed E-state index contributed by atoms with van der Waals surface area (Å²) in [4.78, 5) is 4.62. The van der Waals surface area contributed by atoms with Gasteiger partial charge in [0.25, 0.3) is 0 Å². The molecular formula is C21H20BrN3O. The highest BCUT2D eigenvalue weighted by Crippen LogP contribution is 2.24. The number of para-hydroxylation sites is 1. The van der Waals surface area contributed by atoms with Gasteiger partial charge in [0.05, 0.1) is 18.3 Å². The number of benzene rings is 2. The van der Waals surface area contributed by atoms with Crippen LogP contribution in [0, 0.1) is 0 Å². The van der Waals surface area contributed by atoms with Gasteiger partial charge in [0.2, 0.25) is 0 Å². The summed E-state index contributed by atoms with van der Waals surface area (Å²) >= 11 is 3.49. The molecule has 0 bridgehead atoms. The number of rotatable bonds is 5. The van der Waals surface area contributed by atoms with Crippen molar-refractivity contribution >= 4 is 22.1 Å². The van der Waals surface area contributed by atoms with Crippen molar-refractivity contribution in [1.29, 1.82) is 0 Å². The van der Waals surface area contributed by atoms with E-state index in [4.69, 9.17) is 9.84 Å². The van der Waals surface area contributed by atoms with Gasteiger partial charge < -0.3 is 4.74 Å². The Morgan fingerprint density at radius 2 is 1.96 bits per heavy atom. The monoisotopic (exact) mass is 409 g/mol. The van der Waals surface area contributed by atoms with Crippen LogP contribution in [0.15, 0.2) is 70.3 Å². The Balaban J connectivity index is 1.66. The van der Waals surface area contributed by atoms with Crippen molar-refractivity contribution in [1.82, 2.24) is 9.78 Å². The molecule has 1 atom stereocenters. The molecule has 2 heterocycles. The summed E-state index contributed by atoms with van der Waals surface area (Å²) < 4.78 is 8.61. The lowest BCUT2D eigenvalue weighted by Crippen LogP contribution is -2.08. The third-order valence-corrected chi connectivity index (χ3v) is 4.97. The summed E-state index contributed by atoms with van der Waals surface area (Å²) in [6.45, 7) is 1.56. The molecule has 1 aromatic heterocycles. The molecule has 3 aromatic rings. The summed E-state index contributed by atoms with van der Waals surface area (Å²) in [5.41, 5.74) is 4.04. The SMILES string of the molecule is Brc1ccc(-c2nn(-c3ccccc3)cc2/C=N/CC2CCCO2)cc1. The molecule has 0 aliphatic carbocycles. The maximum atomic E-state index is 5.65. The smallest absolute Gasteiger partial charge is 0.101 e. The van der Waals surface area contributed by atoms with E-state index in [-0.39, 0.29) is 6.10 Å². The minimum absolute atomic E-state index is 0.256. The van der Waals surface area contributed by atoms with Crippen LogP contribution in [0.3, 0.4) is 0 Å². The van der Waals surface area contributed by atoms with Crippen molar-refractivity contribution in [3.05, 3.63) is 70.8 Å². The first-order valence-corrected chi connectivity index (χ1v) is 9.61. The second kappa shape index (κ2) is 7.98. The normalized spacial score (nSPS) is 17.2. The zero-order chi connectivity index (χ0) is 17.8. The molecule has 1 aliphatic rings. The van der Waals surface area contributed by atoms with Crippen molar-refractivity contribution in [2.75, 3.05) is 13.2 Å². The predicted octanol–water partition coefficient (Wildman–Crippen LogP) is 4.90. The van der Waals surface area contributed by atoms with Crippen molar-refractivity contribution in [3.63, 3.8) is 0 Å². The molecule has 132 valence electrons. The minimum atomic E-state index is 0.256. The van der Waals surface area contributed by atoms with E-state index in [9.17, 15) is 0 Å². The van der Waals surface area contributed by atoms with Crippen molar-refractivity contribution in [2.45, 2.75) is 18.9 Å². The van der Waals surface area contributed by atoms with E-state index >= 15 is 0 Å². The molecule has 2 aromatic carbocycles. The molecule has 5 heteroatoms. The van der Waals surface area contributed by atoms with Crippen molar-refractivity contribution in [3.8, 4) is 16.9 Å². The highest BCUT2D eigenvalue weighted by atomic mass is 79.9. The van der Waals surface area contributed by atoms with Gasteiger partial charge in [0.15, 0.2) is 0 Å². The fraction of sp³-hybridized carbons (Fsp3) is 0.238. The van der Waals surface area contributed by atoms with Gasteiger partial charge in [-0.15, -0.1) is 0 Å². The number of hydrogen-bond acceptors (Lipinski definition) is 3. The van der Waals surface area contributed by atoms with E-state index in [0.29, 0.717) is 6.54 Å². The fourth-order valence-corrected chi connectivity index (χ4v) is 3.35. The lowest BCUT2D eigenvalue weighted by Gasteiger charge is -2.04. The molecule has 26 heavy (non-hydrogen) atoms. The standard InChI is InChI=1S/C21H20BrN3O/c22-18-10-8-16(9-11-18)21-17(13-23-14-20-7-4-12-26-20)15-25(24-21)19-5-2-1-3-6-19/h1-3,5-6,8-11,13,15,20H,4,7,12,14H2/b23-13+. The summed E-state index contributed by atoms with van der Waals surface area (Å²) in [6, 6.07) is 18.3. The van der Waals surface area contributed by atoms with Gasteiger partial charge in [-0.1, -0.05) is 46.3 Å². The van der Waals surface area contributed by atoms with E-state index in [1.807, 2.05) is 59.6 Å². The second-order valence-corrected chi connectivity index (χ2v) is 7.27. The number of aliphatic imine (C=N–C) groups is 1. The Hall–Kier alpha value is -2.24. The Labute approximate surface area is 161 Å². The molecule has 4 rings (SSSR count). The molecule has 0 amide bonds. The van der Waals surface area contributed by atoms with Crippen LogP contribution in [0.2, 0.25) is 0 Å². The number of nitrogens with zero attached hydrogens (tertiary/aromatic N) is 3. The topological polar surface area (TPSA) is 39.4 Å². The van der Waals surface area contributed by atoms with Gasteiger partial charge in [0.1, 0.15) is 5.69 Å². The molecule has 1 fully saturated rings. The first-order valence-electron chi connectivity index (χ1n) is 8.82. The molecule has 0 N–H and O–H groups in total. The molecule has 1 saturated heterocycles. The van der Waals surface area contributed by atoms with Gasteiger partial charge in [0, 0.05) is 34.6 Å². The average molecular weight is 410 g/mol. The van der Waals surface area contributed by atoms with Crippen LogP contribution < -0.4 is 0 Å². The van der Waals surface area contributed by atoms with E-state index < -0.39 is 0 Å². The maximum Gasteiger partial charge on any atom is 0.101 e. The third kappa shape index (κ3) is 3.94. The molecule has 0 saturated carbocycles. The molecule has 1 unspecified atom stereocenters. The van der Waals surface area contributed by atoms with Crippen LogP contribution >= 0.6 is 15.9 Å². The van der Waals surface area contributed by atoms with Crippen LogP contribution in [0.25, 0.3) is 16.9 Å². The summed E-state index contributed by atoms with van der Waals surface area (Å²) in [5.74, 6) is 0. The Kier molecular flexibility index (Phi) is 5.27. The lowest BCUT2D eigenvalue weighted by molar-refractivity contribution is 0.118. The van der Waals surface area contributed by atoms with Crippen molar-refractivity contribution in [2.24, 2.45) is 4.99 Å². The van der Waals surface area contributed by atoms with Crippen LogP contribution in [-0.4, -0.2) is 35.3 Å². The first-order chi connectivity index (χ1) is 12.8. The van der Waals surface area contributed by atoms with Gasteiger partial charge in [-0.3, -0.25) is 4.99 Å². The predicted molar refractivity (Wildman–Crippen MR) is 108 cm³/mol. The largest absolute Gasteiger partial charge is 0.376 e. The molecule has 0 radical (unpaired) electrons. The van der Waals surface area contributed by atoms with E-state index in [2.05, 4.69) is 33.1 Å². The minimum Gasteiger partial charge on any atom is -0.376 e. The van der Waals surface area contributed by atoms with Crippen LogP contribution in [0.1, 0.15) is 18.4 Å². The van der Waals surface area contributed by atoms with Gasteiger partial charge in [-0.25, -0.2) is 4.68 Å². The number of ether oxygens (including phenoxy) is 1. The molecular weight excluding hydrogens is 390 g/mol. The highest BCUT2D eigenvalue weighted by molar-refractivity contribution is 9.10. The lowest BCUT2D eigenvalue weighted by atomic mass is 10.1. The van der Waals surface area contributed by atoms with Crippen LogP contribution in [-0.2, 0) is 4.74 Å². The van der Waals surface area contributed by atoms with Crippen molar-refractivity contribution < 1.29 is 4.74 Å². The Morgan fingerprint density at radius 1 is 1.15 bits per heavy atom. The number of aromatic nitrogens is 2. The highest BCUT2D eigenvalue weighted by Gasteiger charge is 2.15. The number of halogens is 1. The number of hydrogen-bond donors (Lipinski definition) is 0. The first kappa shape index (κ1) is 17.2. The van der Waals surface area contributed by atoms with Crippen LogP contribution in [0.5, 0.6) is 0 Å². The summed E-state index contributed by atoms with van der Waals surface area (Å²) in [6.07, 6.45) is 6.44. The fourth-order valence-electron chi connectivity index (χ4n) is 3.08. The summed E-state index contributed by atoms with van der Waals surface area (Å²) in [5, 5.41) is 4.81.